The van der Waals surface area contributed by atoms with Crippen LogP contribution in [0.3, 0.4) is 0 Å². The average Bonchev–Trinajstić information content (AvgIpc) is 3.02. The zero-order chi connectivity index (χ0) is 16.1. The fourth-order valence-electron chi connectivity index (χ4n) is 7.38. The summed E-state index contributed by atoms with van der Waals surface area (Å²) in [5.74, 6) is 3.95. The summed E-state index contributed by atoms with van der Waals surface area (Å²) in [6, 6.07) is 0. The maximum Gasteiger partial charge on any atom is 0.228 e. The van der Waals surface area contributed by atoms with Crippen molar-refractivity contribution in [3.63, 3.8) is 0 Å². The smallest absolute Gasteiger partial charge is 0.228 e. The molecule has 6 aliphatic rings. The Labute approximate surface area is 147 Å². The van der Waals surface area contributed by atoms with Gasteiger partial charge in [0.1, 0.15) is 0 Å². The molecule has 134 valence electrons. The van der Waals surface area contributed by atoms with Gasteiger partial charge in [-0.05, 0) is 94.5 Å². The number of amides is 1. The van der Waals surface area contributed by atoms with Crippen molar-refractivity contribution in [3.8, 4) is 0 Å². The molecule has 0 unspecified atom stereocenters. The van der Waals surface area contributed by atoms with Gasteiger partial charge in [-0.25, -0.2) is 0 Å². The van der Waals surface area contributed by atoms with E-state index in [-0.39, 0.29) is 5.41 Å². The second kappa shape index (κ2) is 6.00. The lowest BCUT2D eigenvalue weighted by molar-refractivity contribution is -0.156. The molecule has 2 saturated heterocycles. The monoisotopic (exact) mass is 330 g/mol. The van der Waals surface area contributed by atoms with E-state index >= 15 is 0 Å². The number of piperidine rings is 1. The van der Waals surface area contributed by atoms with Gasteiger partial charge in [-0.2, -0.15) is 0 Å². The van der Waals surface area contributed by atoms with Crippen molar-refractivity contribution in [1.29, 1.82) is 0 Å². The standard InChI is InChI=1S/C21H34N2O/c24-20(21-11-17-8-18(12-21)10-19(9-17)13-21)23-7-4-16(15-23)14-22-5-2-1-3-6-22/h16-19H,1-15H2/t16-,17?,18?,19?,21?/m0/s1. The van der Waals surface area contributed by atoms with E-state index in [0.717, 1.165) is 36.8 Å². The molecule has 3 nitrogen and oxygen atoms in total. The van der Waals surface area contributed by atoms with E-state index in [1.54, 1.807) is 0 Å². The molecule has 0 aromatic heterocycles. The van der Waals surface area contributed by atoms with Crippen LogP contribution in [0.4, 0.5) is 0 Å². The van der Waals surface area contributed by atoms with Crippen LogP contribution in [0.25, 0.3) is 0 Å². The first kappa shape index (κ1) is 15.7. The molecule has 6 rings (SSSR count). The Morgan fingerprint density at radius 1 is 0.875 bits per heavy atom. The van der Waals surface area contributed by atoms with Crippen LogP contribution in [0.2, 0.25) is 0 Å². The Balaban J connectivity index is 1.22. The van der Waals surface area contributed by atoms with Crippen LogP contribution in [0.5, 0.6) is 0 Å². The summed E-state index contributed by atoms with van der Waals surface area (Å²) in [5, 5.41) is 0. The minimum Gasteiger partial charge on any atom is -0.342 e. The van der Waals surface area contributed by atoms with Crippen LogP contribution >= 0.6 is 0 Å². The lowest BCUT2D eigenvalue weighted by atomic mass is 9.49. The molecule has 0 radical (unpaired) electrons. The van der Waals surface area contributed by atoms with Crippen LogP contribution in [0.1, 0.15) is 64.2 Å². The van der Waals surface area contributed by atoms with E-state index in [0.29, 0.717) is 5.91 Å². The van der Waals surface area contributed by atoms with Crippen molar-refractivity contribution in [2.45, 2.75) is 64.2 Å². The van der Waals surface area contributed by atoms with Crippen molar-refractivity contribution < 1.29 is 4.79 Å². The molecule has 0 aromatic carbocycles. The lowest BCUT2D eigenvalue weighted by Gasteiger charge is -2.56. The number of carbonyl (C=O) groups excluding carboxylic acids is 1. The molecule has 3 heteroatoms. The molecule has 4 saturated carbocycles. The van der Waals surface area contributed by atoms with E-state index < -0.39 is 0 Å². The van der Waals surface area contributed by atoms with Crippen molar-refractivity contribution in [3.05, 3.63) is 0 Å². The number of carbonyl (C=O) groups is 1. The molecule has 24 heavy (non-hydrogen) atoms. The van der Waals surface area contributed by atoms with E-state index in [9.17, 15) is 4.79 Å². The van der Waals surface area contributed by atoms with Gasteiger partial charge in [0.25, 0.3) is 0 Å². The quantitative estimate of drug-likeness (QED) is 0.790. The van der Waals surface area contributed by atoms with E-state index in [1.165, 1.54) is 83.8 Å². The molecule has 2 aliphatic heterocycles. The molecule has 1 amide bonds. The highest BCUT2D eigenvalue weighted by Gasteiger charge is 2.56. The molecule has 0 N–H and O–H groups in total. The predicted molar refractivity (Wildman–Crippen MR) is 95.6 cm³/mol. The molecule has 2 heterocycles. The third kappa shape index (κ3) is 2.71. The highest BCUT2D eigenvalue weighted by molar-refractivity contribution is 5.83. The summed E-state index contributed by atoms with van der Waals surface area (Å²) in [7, 11) is 0. The van der Waals surface area contributed by atoms with Crippen LogP contribution in [-0.2, 0) is 4.79 Å². The molecule has 6 fully saturated rings. The summed E-state index contributed by atoms with van der Waals surface area (Å²) in [6.45, 7) is 5.92. The summed E-state index contributed by atoms with van der Waals surface area (Å²) < 4.78 is 0. The third-order valence-corrected chi connectivity index (χ3v) is 8.03. The summed E-state index contributed by atoms with van der Waals surface area (Å²) in [6.07, 6.45) is 13.4. The van der Waals surface area contributed by atoms with E-state index in [2.05, 4.69) is 9.80 Å². The molecular weight excluding hydrogens is 296 g/mol. The van der Waals surface area contributed by atoms with Gasteiger partial charge in [-0.15, -0.1) is 0 Å². The van der Waals surface area contributed by atoms with Gasteiger partial charge in [0.2, 0.25) is 5.91 Å². The highest BCUT2D eigenvalue weighted by atomic mass is 16.2. The molecule has 4 aliphatic carbocycles. The molecular formula is C21H34N2O. The largest absolute Gasteiger partial charge is 0.342 e. The molecule has 1 atom stereocenters. The van der Waals surface area contributed by atoms with Crippen molar-refractivity contribution in [2.75, 3.05) is 32.7 Å². The van der Waals surface area contributed by atoms with Crippen LogP contribution in [0.15, 0.2) is 0 Å². The fourth-order valence-corrected chi connectivity index (χ4v) is 7.38. The first-order valence-electron chi connectivity index (χ1n) is 10.7. The summed E-state index contributed by atoms with van der Waals surface area (Å²) in [5.41, 5.74) is 0.0781. The lowest BCUT2D eigenvalue weighted by Crippen LogP contribution is -2.54. The van der Waals surface area contributed by atoms with Gasteiger partial charge in [-0.1, -0.05) is 6.42 Å². The molecule has 4 bridgehead atoms. The van der Waals surface area contributed by atoms with Gasteiger partial charge in [-0.3, -0.25) is 4.79 Å². The average molecular weight is 331 g/mol. The third-order valence-electron chi connectivity index (χ3n) is 8.03. The van der Waals surface area contributed by atoms with Gasteiger partial charge >= 0.3 is 0 Å². The summed E-state index contributed by atoms with van der Waals surface area (Å²) >= 11 is 0. The Morgan fingerprint density at radius 3 is 2.12 bits per heavy atom. The maximum absolute atomic E-state index is 13.4. The fraction of sp³-hybridized carbons (Fsp3) is 0.952. The van der Waals surface area contributed by atoms with E-state index in [1.807, 2.05) is 0 Å². The van der Waals surface area contributed by atoms with Crippen LogP contribution in [-0.4, -0.2) is 48.4 Å². The van der Waals surface area contributed by atoms with Gasteiger partial charge in [0, 0.05) is 19.6 Å². The Morgan fingerprint density at radius 2 is 1.50 bits per heavy atom. The zero-order valence-electron chi connectivity index (χ0n) is 15.2. The minimum absolute atomic E-state index is 0.0781. The zero-order valence-corrected chi connectivity index (χ0v) is 15.2. The second-order valence-corrected chi connectivity index (χ2v) is 9.97. The Kier molecular flexibility index (Phi) is 3.92. The second-order valence-electron chi connectivity index (χ2n) is 9.97. The van der Waals surface area contributed by atoms with Crippen LogP contribution in [0, 0.1) is 29.1 Å². The summed E-state index contributed by atoms with van der Waals surface area (Å²) in [4.78, 5) is 18.4. The minimum atomic E-state index is 0.0781. The number of hydrogen-bond donors (Lipinski definition) is 0. The number of hydrogen-bond acceptors (Lipinski definition) is 2. The van der Waals surface area contributed by atoms with Gasteiger partial charge < -0.3 is 9.80 Å². The SMILES string of the molecule is O=C(N1CC[C@@H](CN2CCCCC2)C1)C12CC3CC(CC(C3)C1)C2. The Hall–Kier alpha value is -0.570. The maximum atomic E-state index is 13.4. The normalized spacial score (nSPS) is 45.1. The van der Waals surface area contributed by atoms with Crippen LogP contribution < -0.4 is 0 Å². The predicted octanol–water partition coefficient (Wildman–Crippen LogP) is 3.54. The first-order chi connectivity index (χ1) is 11.7. The first-order valence-corrected chi connectivity index (χ1v) is 10.7. The number of likely N-dealkylation sites (tertiary alicyclic amines) is 2. The van der Waals surface area contributed by atoms with Gasteiger partial charge in [0.05, 0.1) is 5.41 Å². The topological polar surface area (TPSA) is 23.6 Å². The van der Waals surface area contributed by atoms with Crippen molar-refractivity contribution in [2.24, 2.45) is 29.1 Å². The van der Waals surface area contributed by atoms with Crippen molar-refractivity contribution >= 4 is 5.91 Å². The Bertz CT molecular complexity index is 461. The van der Waals surface area contributed by atoms with Crippen molar-refractivity contribution in [1.82, 2.24) is 9.80 Å². The number of rotatable bonds is 3. The molecule has 0 spiro atoms. The molecule has 0 aromatic rings. The highest BCUT2D eigenvalue weighted by Crippen LogP contribution is 2.60. The van der Waals surface area contributed by atoms with Gasteiger partial charge in [0.15, 0.2) is 0 Å². The van der Waals surface area contributed by atoms with E-state index in [4.69, 9.17) is 0 Å². The number of nitrogens with zero attached hydrogens (tertiary/aromatic N) is 2.